The lowest BCUT2D eigenvalue weighted by Crippen LogP contribution is -2.48. The molecule has 26 heavy (non-hydrogen) atoms. The Labute approximate surface area is 154 Å². The number of aromatic nitrogens is 1. The summed E-state index contributed by atoms with van der Waals surface area (Å²) in [6.45, 7) is 3.54. The van der Waals surface area contributed by atoms with Gasteiger partial charge in [-0.2, -0.15) is 0 Å². The molecule has 1 aromatic carbocycles. The minimum atomic E-state index is -0.162. The second-order valence-corrected chi connectivity index (χ2v) is 7.37. The third-order valence-corrected chi connectivity index (χ3v) is 5.56. The maximum absolute atomic E-state index is 13.4. The molecule has 2 fully saturated rings. The Hall–Kier alpha value is -1.98. The molecule has 0 amide bonds. The molecule has 2 aliphatic rings. The van der Waals surface area contributed by atoms with Gasteiger partial charge < -0.3 is 15.0 Å². The van der Waals surface area contributed by atoms with Gasteiger partial charge >= 0.3 is 0 Å². The van der Waals surface area contributed by atoms with Crippen molar-refractivity contribution in [3.8, 4) is 0 Å². The third-order valence-electron chi connectivity index (χ3n) is 5.56. The maximum atomic E-state index is 13.4. The number of nitrogens with one attached hydrogen (secondary N) is 1. The van der Waals surface area contributed by atoms with E-state index in [1.165, 1.54) is 11.6 Å². The van der Waals surface area contributed by atoms with E-state index in [1.54, 1.807) is 12.1 Å². The highest BCUT2D eigenvalue weighted by molar-refractivity contribution is 5.46. The van der Waals surface area contributed by atoms with E-state index in [2.05, 4.69) is 27.3 Å². The molecule has 0 bridgehead atoms. The third kappa shape index (κ3) is 4.22. The van der Waals surface area contributed by atoms with E-state index >= 15 is 0 Å². The van der Waals surface area contributed by atoms with Gasteiger partial charge in [-0.05, 0) is 55.2 Å². The fourth-order valence-corrected chi connectivity index (χ4v) is 4.09. The van der Waals surface area contributed by atoms with Crippen LogP contribution in [0.2, 0.25) is 0 Å². The van der Waals surface area contributed by atoms with Gasteiger partial charge in [0.05, 0.1) is 13.2 Å². The lowest BCUT2D eigenvalue weighted by Gasteiger charge is -2.36. The summed E-state index contributed by atoms with van der Waals surface area (Å²) in [4.78, 5) is 6.37. The van der Waals surface area contributed by atoms with E-state index in [-0.39, 0.29) is 5.82 Å². The fourth-order valence-electron chi connectivity index (χ4n) is 4.09. The number of nitrogens with zero attached hydrogens (tertiary/aromatic N) is 2. The first-order valence-electron chi connectivity index (χ1n) is 9.51. The first-order valence-corrected chi connectivity index (χ1v) is 9.51. The number of pyridine rings is 1. The molecule has 0 radical (unpaired) electrons. The van der Waals surface area contributed by atoms with Crippen LogP contribution in [0.1, 0.15) is 18.4 Å². The van der Waals surface area contributed by atoms with Crippen molar-refractivity contribution in [1.82, 2.24) is 10.3 Å². The molecule has 1 aromatic heterocycles. The van der Waals surface area contributed by atoms with E-state index < -0.39 is 0 Å². The SMILES string of the molecule is Fc1cccc(N2CCC(N[C@@H]3COC[C@H]3Cc3ccncc3)CC2)c1. The van der Waals surface area contributed by atoms with Crippen molar-refractivity contribution in [2.24, 2.45) is 5.92 Å². The van der Waals surface area contributed by atoms with Crippen molar-refractivity contribution in [3.05, 3.63) is 60.2 Å². The van der Waals surface area contributed by atoms with Crippen molar-refractivity contribution in [1.29, 1.82) is 0 Å². The van der Waals surface area contributed by atoms with Crippen LogP contribution in [0, 0.1) is 11.7 Å². The summed E-state index contributed by atoms with van der Waals surface area (Å²) in [5, 5.41) is 3.83. The number of hydrogen-bond donors (Lipinski definition) is 1. The van der Waals surface area contributed by atoms with Crippen LogP contribution >= 0.6 is 0 Å². The molecule has 3 heterocycles. The molecule has 2 saturated heterocycles. The van der Waals surface area contributed by atoms with E-state index in [0.29, 0.717) is 18.0 Å². The first-order chi connectivity index (χ1) is 12.8. The minimum Gasteiger partial charge on any atom is -0.379 e. The van der Waals surface area contributed by atoms with Gasteiger partial charge in [-0.3, -0.25) is 4.98 Å². The topological polar surface area (TPSA) is 37.4 Å². The number of halogens is 1. The second kappa shape index (κ2) is 8.14. The Morgan fingerprint density at radius 3 is 2.69 bits per heavy atom. The molecule has 2 atom stereocenters. The summed E-state index contributed by atoms with van der Waals surface area (Å²) in [6, 6.07) is 12.0. The molecule has 4 rings (SSSR count). The number of hydrogen-bond acceptors (Lipinski definition) is 4. The van der Waals surface area contributed by atoms with Crippen LogP contribution in [-0.2, 0) is 11.2 Å². The molecule has 5 heteroatoms. The Bertz CT molecular complexity index is 703. The zero-order chi connectivity index (χ0) is 17.8. The monoisotopic (exact) mass is 355 g/mol. The van der Waals surface area contributed by atoms with Crippen LogP contribution in [0.5, 0.6) is 0 Å². The Balaban J connectivity index is 1.29. The van der Waals surface area contributed by atoms with Gasteiger partial charge in [0.25, 0.3) is 0 Å². The van der Waals surface area contributed by atoms with Crippen LogP contribution in [-0.4, -0.2) is 43.4 Å². The average Bonchev–Trinajstić information content (AvgIpc) is 3.10. The quantitative estimate of drug-likeness (QED) is 0.895. The van der Waals surface area contributed by atoms with Gasteiger partial charge in [0, 0.05) is 49.2 Å². The Morgan fingerprint density at radius 1 is 1.12 bits per heavy atom. The van der Waals surface area contributed by atoms with E-state index in [9.17, 15) is 4.39 Å². The van der Waals surface area contributed by atoms with Crippen molar-refractivity contribution < 1.29 is 9.13 Å². The van der Waals surface area contributed by atoms with Crippen molar-refractivity contribution in [3.63, 3.8) is 0 Å². The van der Waals surface area contributed by atoms with E-state index in [4.69, 9.17) is 4.74 Å². The summed E-state index contributed by atoms with van der Waals surface area (Å²) in [6.07, 6.45) is 6.90. The molecule has 1 N–H and O–H groups in total. The highest BCUT2D eigenvalue weighted by atomic mass is 19.1. The van der Waals surface area contributed by atoms with Crippen LogP contribution in [0.4, 0.5) is 10.1 Å². The van der Waals surface area contributed by atoms with Gasteiger partial charge in [0.15, 0.2) is 0 Å². The summed E-state index contributed by atoms with van der Waals surface area (Å²) in [5.74, 6) is 0.350. The minimum absolute atomic E-state index is 0.162. The number of piperidine rings is 1. The molecule has 0 spiro atoms. The highest BCUT2D eigenvalue weighted by Gasteiger charge is 2.31. The predicted octanol–water partition coefficient (Wildman–Crippen LogP) is 3.04. The van der Waals surface area contributed by atoms with E-state index in [1.807, 2.05) is 18.5 Å². The summed E-state index contributed by atoms with van der Waals surface area (Å²) in [7, 11) is 0. The molecular weight excluding hydrogens is 329 g/mol. The number of rotatable bonds is 5. The maximum Gasteiger partial charge on any atom is 0.125 e. The zero-order valence-corrected chi connectivity index (χ0v) is 15.0. The Morgan fingerprint density at radius 2 is 1.92 bits per heavy atom. The molecule has 2 aliphatic heterocycles. The smallest absolute Gasteiger partial charge is 0.125 e. The van der Waals surface area contributed by atoms with Crippen molar-refractivity contribution in [2.45, 2.75) is 31.3 Å². The summed E-state index contributed by atoms with van der Waals surface area (Å²) in [5.41, 5.74) is 2.31. The molecule has 0 unspecified atom stereocenters. The second-order valence-electron chi connectivity index (χ2n) is 7.37. The molecule has 0 saturated carbocycles. The fraction of sp³-hybridized carbons (Fsp3) is 0.476. The van der Waals surface area contributed by atoms with Crippen molar-refractivity contribution >= 4 is 5.69 Å². The number of anilines is 1. The first kappa shape index (κ1) is 17.4. The highest BCUT2D eigenvalue weighted by Crippen LogP contribution is 2.24. The predicted molar refractivity (Wildman–Crippen MR) is 101 cm³/mol. The number of benzene rings is 1. The van der Waals surface area contributed by atoms with E-state index in [0.717, 1.165) is 51.3 Å². The lowest BCUT2D eigenvalue weighted by molar-refractivity contribution is 0.181. The molecule has 2 aromatic rings. The van der Waals surface area contributed by atoms with Crippen LogP contribution < -0.4 is 10.2 Å². The largest absolute Gasteiger partial charge is 0.379 e. The summed E-state index contributed by atoms with van der Waals surface area (Å²) < 4.78 is 19.2. The molecular formula is C21H26FN3O. The van der Waals surface area contributed by atoms with Gasteiger partial charge in [-0.1, -0.05) is 6.07 Å². The molecule has 0 aliphatic carbocycles. The summed E-state index contributed by atoms with van der Waals surface area (Å²) >= 11 is 0. The average molecular weight is 355 g/mol. The molecule has 4 nitrogen and oxygen atoms in total. The molecule has 138 valence electrons. The van der Waals surface area contributed by atoms with Crippen LogP contribution in [0.25, 0.3) is 0 Å². The lowest BCUT2D eigenvalue weighted by atomic mass is 9.93. The van der Waals surface area contributed by atoms with Gasteiger partial charge in [-0.25, -0.2) is 4.39 Å². The van der Waals surface area contributed by atoms with Crippen LogP contribution in [0.3, 0.4) is 0 Å². The normalized spacial score (nSPS) is 24.1. The van der Waals surface area contributed by atoms with Gasteiger partial charge in [0.1, 0.15) is 5.82 Å². The van der Waals surface area contributed by atoms with Crippen molar-refractivity contribution in [2.75, 3.05) is 31.2 Å². The standard InChI is InChI=1S/C21H26FN3O/c22-18-2-1-3-20(13-18)25-10-6-19(7-11-25)24-21-15-26-14-17(21)12-16-4-8-23-9-5-16/h1-5,8-9,13,17,19,21,24H,6-7,10-12,14-15H2/t17-,21-/m1/s1. The van der Waals surface area contributed by atoms with Gasteiger partial charge in [-0.15, -0.1) is 0 Å². The van der Waals surface area contributed by atoms with Crippen LogP contribution in [0.15, 0.2) is 48.8 Å². The zero-order valence-electron chi connectivity index (χ0n) is 15.0. The van der Waals surface area contributed by atoms with Gasteiger partial charge in [0.2, 0.25) is 0 Å². The Kier molecular flexibility index (Phi) is 5.46. The number of ether oxygens (including phenoxy) is 1.